The van der Waals surface area contributed by atoms with E-state index in [2.05, 4.69) is 32.9 Å². The number of aliphatic hydroxyl groups is 1. The monoisotopic (exact) mass is 426 g/mol. The summed E-state index contributed by atoms with van der Waals surface area (Å²) in [5.74, 6) is -1.39. The van der Waals surface area contributed by atoms with Gasteiger partial charge in [0.05, 0.1) is 0 Å². The number of fused-ring (bicyclic) bond motifs is 5. The van der Waals surface area contributed by atoms with Crippen LogP contribution < -0.4 is 0 Å². The second kappa shape index (κ2) is 7.35. The summed E-state index contributed by atoms with van der Waals surface area (Å²) in [7, 11) is 0. The largest absolute Gasteiger partial charge is 0.360 e. The summed E-state index contributed by atoms with van der Waals surface area (Å²) in [5, 5.41) is 10.1. The first kappa shape index (κ1) is 22.3. The molecular weight excluding hydrogens is 392 g/mol. The van der Waals surface area contributed by atoms with Gasteiger partial charge in [0.15, 0.2) is 17.3 Å². The minimum Gasteiger partial charge on any atom is -0.360 e. The summed E-state index contributed by atoms with van der Waals surface area (Å²) < 4.78 is 5.30. The maximum absolute atomic E-state index is 13.1. The van der Waals surface area contributed by atoms with Crippen LogP contribution in [0.15, 0.2) is 35.5 Å². The molecule has 0 radical (unpaired) electrons. The molecule has 0 saturated heterocycles. The van der Waals surface area contributed by atoms with E-state index in [1.54, 1.807) is 6.08 Å². The molecule has 0 aromatic heterocycles. The Bertz CT molecular complexity index is 922. The summed E-state index contributed by atoms with van der Waals surface area (Å²) in [6, 6.07) is 0. The predicted octanol–water partition coefficient (Wildman–Crippen LogP) is 3.96. The lowest BCUT2D eigenvalue weighted by Crippen LogP contribution is -2.47. The van der Waals surface area contributed by atoms with E-state index in [9.17, 15) is 19.5 Å². The van der Waals surface area contributed by atoms with E-state index in [4.69, 9.17) is 4.74 Å². The van der Waals surface area contributed by atoms with E-state index in [-0.39, 0.29) is 34.9 Å². The van der Waals surface area contributed by atoms with Crippen molar-refractivity contribution in [1.29, 1.82) is 0 Å². The smallest absolute Gasteiger partial charge is 0.223 e. The molecule has 168 valence electrons. The number of allylic oxidation sites excluding steroid dienone is 6. The van der Waals surface area contributed by atoms with Crippen LogP contribution in [-0.4, -0.2) is 34.9 Å². The van der Waals surface area contributed by atoms with Gasteiger partial charge < -0.3 is 9.84 Å². The molecule has 2 saturated carbocycles. The van der Waals surface area contributed by atoms with Crippen molar-refractivity contribution in [3.8, 4) is 0 Å². The third-order valence-corrected chi connectivity index (χ3v) is 8.81. The van der Waals surface area contributed by atoms with Crippen molar-refractivity contribution < 1.29 is 24.2 Å². The number of carbonyl (C=O) groups excluding carboxylic acids is 3. The molecular formula is C26H34O5. The number of rotatable bonds is 5. The number of ether oxygens (including phenoxy) is 1. The van der Waals surface area contributed by atoms with Crippen molar-refractivity contribution in [2.75, 3.05) is 6.61 Å². The van der Waals surface area contributed by atoms with Crippen LogP contribution in [0.1, 0.15) is 60.3 Å². The molecule has 0 aliphatic heterocycles. The standard InChI is InChI=1S/C26H34O5/c1-15-12-18-19-6-7-21(23(29)14-31-26(5,30)16(2)27)24(19,3)11-9-20(18)25(4)10-8-17(28)13-22(15)25/h8-10,13,15,18-19,21,30H,6-7,11-12,14H2,1-5H3/t15-,18?,19?,21+,24-,25+,26?/m0/s1. The SMILES string of the molecule is CC(=O)C(C)(O)OCC(=O)[C@H]1CCC2C3C[C@H](C)C4=CC(=O)C=C[C@]4(C)C3=CC[C@@]21C. The number of hydrogen-bond donors (Lipinski definition) is 1. The molecule has 7 atom stereocenters. The molecule has 4 aliphatic rings. The minimum absolute atomic E-state index is 0.0258. The van der Waals surface area contributed by atoms with Crippen LogP contribution >= 0.6 is 0 Å². The number of ketones is 3. The normalized spacial score (nSPS) is 40.8. The Morgan fingerprint density at radius 3 is 2.65 bits per heavy atom. The third-order valence-electron chi connectivity index (χ3n) is 8.81. The fourth-order valence-electron chi connectivity index (χ4n) is 6.87. The van der Waals surface area contributed by atoms with E-state index in [0.29, 0.717) is 17.8 Å². The summed E-state index contributed by atoms with van der Waals surface area (Å²) >= 11 is 0. The first-order valence-corrected chi connectivity index (χ1v) is 11.5. The van der Waals surface area contributed by atoms with E-state index in [1.807, 2.05) is 6.08 Å². The van der Waals surface area contributed by atoms with E-state index >= 15 is 0 Å². The Balaban J connectivity index is 1.59. The van der Waals surface area contributed by atoms with E-state index in [0.717, 1.165) is 25.7 Å². The molecule has 0 amide bonds. The Hall–Kier alpha value is -1.85. The third kappa shape index (κ3) is 3.41. The first-order chi connectivity index (χ1) is 14.4. The summed E-state index contributed by atoms with van der Waals surface area (Å²) in [6.45, 7) is 8.97. The zero-order valence-electron chi connectivity index (χ0n) is 19.2. The zero-order valence-corrected chi connectivity index (χ0v) is 19.2. The lowest BCUT2D eigenvalue weighted by Gasteiger charge is -2.54. The van der Waals surface area contributed by atoms with Gasteiger partial charge in [0.2, 0.25) is 5.79 Å². The van der Waals surface area contributed by atoms with Crippen molar-refractivity contribution in [2.45, 2.75) is 66.1 Å². The average molecular weight is 427 g/mol. The molecule has 4 rings (SSSR count). The van der Waals surface area contributed by atoms with Crippen LogP contribution in [0, 0.1) is 34.5 Å². The van der Waals surface area contributed by atoms with Crippen LogP contribution in [0.3, 0.4) is 0 Å². The van der Waals surface area contributed by atoms with Gasteiger partial charge in [-0.1, -0.05) is 31.6 Å². The second-order valence-electron chi connectivity index (χ2n) is 10.7. The van der Waals surface area contributed by atoms with Crippen LogP contribution in [-0.2, 0) is 19.1 Å². The van der Waals surface area contributed by atoms with Crippen molar-refractivity contribution in [3.05, 3.63) is 35.5 Å². The van der Waals surface area contributed by atoms with Crippen LogP contribution in [0.2, 0.25) is 0 Å². The highest BCUT2D eigenvalue weighted by Crippen LogP contribution is 2.64. The van der Waals surface area contributed by atoms with Crippen LogP contribution in [0.4, 0.5) is 0 Å². The highest BCUT2D eigenvalue weighted by molar-refractivity contribution is 6.01. The van der Waals surface area contributed by atoms with Crippen molar-refractivity contribution in [2.24, 2.45) is 34.5 Å². The molecule has 0 aromatic carbocycles. The van der Waals surface area contributed by atoms with Gasteiger partial charge in [0.25, 0.3) is 0 Å². The average Bonchev–Trinajstić information content (AvgIpc) is 3.05. The molecule has 0 bridgehead atoms. The number of Topliss-reactive ketones (excluding diaryl/α,β-unsaturated/α-hetero) is 2. The molecule has 5 heteroatoms. The highest BCUT2D eigenvalue weighted by Gasteiger charge is 2.57. The quantitative estimate of drug-likeness (QED) is 0.532. The van der Waals surface area contributed by atoms with Gasteiger partial charge in [-0.3, -0.25) is 14.4 Å². The van der Waals surface area contributed by atoms with E-state index < -0.39 is 11.6 Å². The Kier molecular flexibility index (Phi) is 5.30. The molecule has 5 nitrogen and oxygen atoms in total. The molecule has 0 aromatic rings. The molecule has 4 aliphatic carbocycles. The molecule has 3 unspecified atom stereocenters. The van der Waals surface area contributed by atoms with Gasteiger partial charge in [0.1, 0.15) is 6.61 Å². The van der Waals surface area contributed by atoms with Crippen molar-refractivity contribution >= 4 is 17.3 Å². The Labute approximate surface area is 184 Å². The summed E-state index contributed by atoms with van der Waals surface area (Å²) in [4.78, 5) is 36.6. The topological polar surface area (TPSA) is 80.7 Å². The van der Waals surface area contributed by atoms with Gasteiger partial charge in [-0.2, -0.15) is 0 Å². The minimum atomic E-state index is -1.92. The Morgan fingerprint density at radius 1 is 1.26 bits per heavy atom. The predicted molar refractivity (Wildman–Crippen MR) is 117 cm³/mol. The van der Waals surface area contributed by atoms with Gasteiger partial charge in [-0.25, -0.2) is 0 Å². The van der Waals surface area contributed by atoms with Crippen LogP contribution in [0.5, 0.6) is 0 Å². The Morgan fingerprint density at radius 2 is 1.97 bits per heavy atom. The van der Waals surface area contributed by atoms with E-state index in [1.165, 1.54) is 25.0 Å². The number of hydrogen-bond acceptors (Lipinski definition) is 5. The lowest BCUT2D eigenvalue weighted by molar-refractivity contribution is -0.197. The second-order valence-corrected chi connectivity index (χ2v) is 10.7. The molecule has 2 fully saturated rings. The maximum atomic E-state index is 13.1. The fourth-order valence-corrected chi connectivity index (χ4v) is 6.87. The highest BCUT2D eigenvalue weighted by atomic mass is 16.6. The summed E-state index contributed by atoms with van der Waals surface area (Å²) in [5.41, 5.74) is 2.27. The number of carbonyl (C=O) groups is 3. The van der Waals surface area contributed by atoms with Crippen molar-refractivity contribution in [3.63, 3.8) is 0 Å². The van der Waals surface area contributed by atoms with Crippen LogP contribution in [0.25, 0.3) is 0 Å². The maximum Gasteiger partial charge on any atom is 0.223 e. The molecule has 31 heavy (non-hydrogen) atoms. The molecule has 0 heterocycles. The lowest BCUT2D eigenvalue weighted by atomic mass is 9.50. The van der Waals surface area contributed by atoms with Gasteiger partial charge >= 0.3 is 0 Å². The molecule has 0 spiro atoms. The summed E-state index contributed by atoms with van der Waals surface area (Å²) in [6.07, 6.45) is 11.6. The van der Waals surface area contributed by atoms with Gasteiger partial charge in [-0.15, -0.1) is 0 Å². The molecule has 1 N–H and O–H groups in total. The fraction of sp³-hybridized carbons (Fsp3) is 0.654. The van der Waals surface area contributed by atoms with Gasteiger partial charge in [-0.05, 0) is 80.4 Å². The first-order valence-electron chi connectivity index (χ1n) is 11.5. The van der Waals surface area contributed by atoms with Crippen molar-refractivity contribution in [1.82, 2.24) is 0 Å². The zero-order chi connectivity index (χ0) is 22.8. The van der Waals surface area contributed by atoms with Gasteiger partial charge in [0, 0.05) is 18.3 Å².